The maximum absolute atomic E-state index is 12.9. The smallest absolute Gasteiger partial charge is 0.287 e. The van der Waals surface area contributed by atoms with E-state index in [1.807, 2.05) is 43.5 Å². The summed E-state index contributed by atoms with van der Waals surface area (Å²) >= 11 is 0. The van der Waals surface area contributed by atoms with Crippen LogP contribution in [0.5, 0.6) is 11.5 Å². The van der Waals surface area contributed by atoms with Gasteiger partial charge in [-0.3, -0.25) is 9.59 Å². The molecule has 154 valence electrons. The summed E-state index contributed by atoms with van der Waals surface area (Å²) in [5.41, 5.74) is 1.72. The Morgan fingerprint density at radius 3 is 2.72 bits per heavy atom. The average Bonchev–Trinajstić information content (AvgIpc) is 3.29. The maximum Gasteiger partial charge on any atom is 0.287 e. The lowest BCUT2D eigenvalue weighted by Crippen LogP contribution is -2.41. The lowest BCUT2D eigenvalue weighted by Gasteiger charge is -2.21. The van der Waals surface area contributed by atoms with E-state index < -0.39 is 0 Å². The van der Waals surface area contributed by atoms with Crippen LogP contribution >= 0.6 is 0 Å². The number of carbonyl (C=O) groups is 2. The third-order valence-electron chi connectivity index (χ3n) is 4.91. The Bertz CT molecular complexity index is 958. The summed E-state index contributed by atoms with van der Waals surface area (Å²) in [6.45, 7) is 7.01. The largest absolute Gasteiger partial charge is 0.454 e. The monoisotopic (exact) mass is 398 g/mol. The molecule has 0 aliphatic carbocycles. The molecule has 8 nitrogen and oxygen atoms in total. The molecule has 2 aliphatic heterocycles. The van der Waals surface area contributed by atoms with Crippen LogP contribution in [-0.4, -0.2) is 33.7 Å². The van der Waals surface area contributed by atoms with Crippen molar-refractivity contribution in [1.82, 2.24) is 20.2 Å². The first kappa shape index (κ1) is 19.3. The van der Waals surface area contributed by atoms with Gasteiger partial charge >= 0.3 is 0 Å². The molecule has 2 N–H and O–H groups in total. The first-order valence-electron chi connectivity index (χ1n) is 9.90. The van der Waals surface area contributed by atoms with Crippen LogP contribution in [0.3, 0.4) is 0 Å². The van der Waals surface area contributed by atoms with Crippen LogP contribution in [0.1, 0.15) is 66.0 Å². The molecule has 0 spiro atoms. The van der Waals surface area contributed by atoms with Crippen LogP contribution in [0, 0.1) is 0 Å². The highest BCUT2D eigenvalue weighted by atomic mass is 16.7. The standard InChI is InChI=1S/C21H26N4O4/c1-21(2,3)24-19(26)17-14-6-4-5-9-25(14)18(23-17)20(27)22-11-13-7-8-15-16(10-13)29-12-28-15/h7-8,10H,4-6,9,11-12H2,1-3H3,(H,22,27)(H,24,26). The zero-order valence-corrected chi connectivity index (χ0v) is 17.0. The fourth-order valence-electron chi connectivity index (χ4n) is 3.61. The molecule has 1 aromatic carbocycles. The van der Waals surface area contributed by atoms with Gasteiger partial charge in [0.25, 0.3) is 11.8 Å². The number of hydrogen-bond donors (Lipinski definition) is 2. The number of rotatable bonds is 4. The minimum absolute atomic E-state index is 0.213. The van der Waals surface area contributed by atoms with E-state index >= 15 is 0 Å². The van der Waals surface area contributed by atoms with Crippen molar-refractivity contribution >= 4 is 11.8 Å². The number of carbonyl (C=O) groups excluding carboxylic acids is 2. The van der Waals surface area contributed by atoms with Crippen LogP contribution in [0.4, 0.5) is 0 Å². The van der Waals surface area contributed by atoms with E-state index in [1.165, 1.54) is 0 Å². The number of ether oxygens (including phenoxy) is 2. The fourth-order valence-corrected chi connectivity index (χ4v) is 3.61. The second-order valence-corrected chi connectivity index (χ2v) is 8.41. The molecule has 0 radical (unpaired) electrons. The van der Waals surface area contributed by atoms with Gasteiger partial charge in [0.2, 0.25) is 6.79 Å². The predicted octanol–water partition coefficient (Wildman–Crippen LogP) is 2.41. The molecule has 2 aromatic rings. The van der Waals surface area contributed by atoms with Crippen molar-refractivity contribution in [3.8, 4) is 11.5 Å². The second kappa shape index (κ2) is 7.42. The van der Waals surface area contributed by atoms with Crippen molar-refractivity contribution in [2.75, 3.05) is 6.79 Å². The summed E-state index contributed by atoms with van der Waals surface area (Å²) in [5.74, 6) is 1.14. The number of fused-ring (bicyclic) bond motifs is 2. The number of hydrogen-bond acceptors (Lipinski definition) is 5. The van der Waals surface area contributed by atoms with Gasteiger partial charge < -0.3 is 24.7 Å². The average molecular weight is 398 g/mol. The Morgan fingerprint density at radius 1 is 1.14 bits per heavy atom. The number of imidazole rings is 1. The molecule has 0 saturated heterocycles. The molecule has 0 bridgehead atoms. The third kappa shape index (κ3) is 4.06. The van der Waals surface area contributed by atoms with Gasteiger partial charge in [-0.05, 0) is 57.7 Å². The predicted molar refractivity (Wildman–Crippen MR) is 106 cm³/mol. The molecule has 0 unspecified atom stereocenters. The summed E-state index contributed by atoms with van der Waals surface area (Å²) in [6.07, 6.45) is 2.70. The molecular formula is C21H26N4O4. The molecule has 1 aromatic heterocycles. The summed E-state index contributed by atoms with van der Waals surface area (Å²) < 4.78 is 12.6. The van der Waals surface area contributed by atoms with E-state index in [2.05, 4.69) is 15.6 Å². The summed E-state index contributed by atoms with van der Waals surface area (Å²) in [4.78, 5) is 30.0. The highest BCUT2D eigenvalue weighted by Crippen LogP contribution is 2.32. The van der Waals surface area contributed by atoms with Gasteiger partial charge in [-0.25, -0.2) is 4.98 Å². The minimum atomic E-state index is -0.371. The van der Waals surface area contributed by atoms with Crippen LogP contribution in [0.25, 0.3) is 0 Å². The summed E-state index contributed by atoms with van der Waals surface area (Å²) in [7, 11) is 0. The van der Waals surface area contributed by atoms with Gasteiger partial charge in [-0.2, -0.15) is 0 Å². The topological polar surface area (TPSA) is 94.5 Å². The minimum Gasteiger partial charge on any atom is -0.454 e. The van der Waals surface area contributed by atoms with Gasteiger partial charge in [-0.15, -0.1) is 0 Å². The summed E-state index contributed by atoms with van der Waals surface area (Å²) in [5, 5.41) is 5.85. The summed E-state index contributed by atoms with van der Waals surface area (Å²) in [6, 6.07) is 5.57. The SMILES string of the molecule is CC(C)(C)NC(=O)c1nc(C(=O)NCc2ccc3c(c2)OCO3)n2c1CCCC2. The van der Waals surface area contributed by atoms with Crippen LogP contribution < -0.4 is 20.1 Å². The maximum atomic E-state index is 12.9. The Morgan fingerprint density at radius 2 is 1.93 bits per heavy atom. The number of benzene rings is 1. The number of nitrogens with zero attached hydrogens (tertiary/aromatic N) is 2. The van der Waals surface area contributed by atoms with Crippen LogP contribution in [0.15, 0.2) is 18.2 Å². The second-order valence-electron chi connectivity index (χ2n) is 8.41. The van der Waals surface area contributed by atoms with Crippen molar-refractivity contribution in [3.63, 3.8) is 0 Å². The molecule has 4 rings (SSSR count). The fraction of sp³-hybridized carbons (Fsp3) is 0.476. The molecule has 29 heavy (non-hydrogen) atoms. The molecule has 0 saturated carbocycles. The molecule has 2 aliphatic rings. The van der Waals surface area contributed by atoms with E-state index in [-0.39, 0.29) is 24.1 Å². The highest BCUT2D eigenvalue weighted by molar-refractivity contribution is 5.97. The normalized spacial score (nSPS) is 15.0. The van der Waals surface area contributed by atoms with E-state index in [1.54, 1.807) is 0 Å². The van der Waals surface area contributed by atoms with Gasteiger partial charge in [0, 0.05) is 18.6 Å². The Labute approximate surface area is 169 Å². The van der Waals surface area contributed by atoms with E-state index in [4.69, 9.17) is 9.47 Å². The van der Waals surface area contributed by atoms with Crippen molar-refractivity contribution in [1.29, 1.82) is 0 Å². The Hall–Kier alpha value is -3.03. The van der Waals surface area contributed by atoms with Crippen molar-refractivity contribution in [2.45, 2.75) is 58.7 Å². The van der Waals surface area contributed by atoms with Gasteiger partial charge in [0.05, 0.1) is 5.69 Å². The molecule has 2 amide bonds. The number of amides is 2. The molecule has 8 heteroatoms. The van der Waals surface area contributed by atoms with Crippen molar-refractivity contribution in [3.05, 3.63) is 41.0 Å². The quantitative estimate of drug-likeness (QED) is 0.825. The first-order valence-corrected chi connectivity index (χ1v) is 9.90. The molecule has 3 heterocycles. The van der Waals surface area contributed by atoms with Gasteiger partial charge in [0.15, 0.2) is 17.3 Å². The lowest BCUT2D eigenvalue weighted by atomic mass is 10.1. The highest BCUT2D eigenvalue weighted by Gasteiger charge is 2.29. The Balaban J connectivity index is 1.53. The lowest BCUT2D eigenvalue weighted by molar-refractivity contribution is 0.0913. The molecule has 0 fully saturated rings. The number of aromatic nitrogens is 2. The Kier molecular flexibility index (Phi) is 4.94. The molecular weight excluding hydrogens is 372 g/mol. The zero-order chi connectivity index (χ0) is 20.6. The van der Waals surface area contributed by atoms with E-state index in [0.717, 1.165) is 30.5 Å². The van der Waals surface area contributed by atoms with Crippen LogP contribution in [-0.2, 0) is 19.5 Å². The van der Waals surface area contributed by atoms with Gasteiger partial charge in [0.1, 0.15) is 5.69 Å². The molecule has 0 atom stereocenters. The van der Waals surface area contributed by atoms with Gasteiger partial charge in [-0.1, -0.05) is 6.07 Å². The third-order valence-corrected chi connectivity index (χ3v) is 4.91. The zero-order valence-electron chi connectivity index (χ0n) is 17.0. The van der Waals surface area contributed by atoms with E-state index in [0.29, 0.717) is 36.1 Å². The number of nitrogens with one attached hydrogen (secondary N) is 2. The first-order chi connectivity index (χ1) is 13.8. The van der Waals surface area contributed by atoms with E-state index in [9.17, 15) is 9.59 Å². The van der Waals surface area contributed by atoms with Crippen molar-refractivity contribution in [2.24, 2.45) is 0 Å². The van der Waals surface area contributed by atoms with Crippen LogP contribution in [0.2, 0.25) is 0 Å². The van der Waals surface area contributed by atoms with Crippen molar-refractivity contribution < 1.29 is 19.1 Å².